The normalized spacial score (nSPS) is 10.9. The van der Waals surface area contributed by atoms with Crippen molar-refractivity contribution in [3.63, 3.8) is 0 Å². The van der Waals surface area contributed by atoms with Gasteiger partial charge in [-0.15, -0.1) is 0 Å². The summed E-state index contributed by atoms with van der Waals surface area (Å²) in [4.78, 5) is 12.3. The Morgan fingerprint density at radius 2 is 1.79 bits per heavy atom. The number of fused-ring (bicyclic) bond motifs is 1. The van der Waals surface area contributed by atoms with E-state index in [1.807, 2.05) is 30.3 Å². The Labute approximate surface area is 141 Å². The van der Waals surface area contributed by atoms with Crippen LogP contribution in [-0.4, -0.2) is 7.11 Å². The Morgan fingerprint density at radius 3 is 2.50 bits per heavy atom. The molecule has 0 amide bonds. The summed E-state index contributed by atoms with van der Waals surface area (Å²) in [6, 6.07) is 15.6. The molecule has 0 radical (unpaired) electrons. The topological polar surface area (TPSA) is 39.4 Å². The average molecular weight is 322 g/mol. The zero-order chi connectivity index (χ0) is 16.9. The third-order valence-electron chi connectivity index (χ3n) is 4.28. The molecule has 2 aromatic carbocycles. The molecule has 0 aliphatic rings. The van der Waals surface area contributed by atoms with Crippen molar-refractivity contribution in [1.82, 2.24) is 0 Å². The summed E-state index contributed by atoms with van der Waals surface area (Å²) in [5, 5.41) is 0.887. The molecule has 0 saturated heterocycles. The summed E-state index contributed by atoms with van der Waals surface area (Å²) in [6.07, 6.45) is 4.76. The van der Waals surface area contributed by atoms with E-state index < -0.39 is 0 Å². The molecule has 3 rings (SSSR count). The van der Waals surface area contributed by atoms with Gasteiger partial charge in [0.1, 0.15) is 11.3 Å². The van der Waals surface area contributed by atoms with Crippen LogP contribution in [0.25, 0.3) is 22.1 Å². The van der Waals surface area contributed by atoms with Crippen LogP contribution in [0.5, 0.6) is 5.75 Å². The molecule has 0 saturated carbocycles. The van der Waals surface area contributed by atoms with E-state index in [0.29, 0.717) is 16.9 Å². The van der Waals surface area contributed by atoms with E-state index in [4.69, 9.17) is 9.15 Å². The van der Waals surface area contributed by atoms with Crippen LogP contribution >= 0.6 is 0 Å². The molecule has 0 aliphatic heterocycles. The summed E-state index contributed by atoms with van der Waals surface area (Å²) in [5.41, 5.74) is 3.00. The molecule has 1 aromatic heterocycles. The molecular weight excluding hydrogens is 300 g/mol. The molecule has 0 bridgehead atoms. The predicted molar refractivity (Wildman–Crippen MR) is 97.7 cm³/mol. The fourth-order valence-electron chi connectivity index (χ4n) is 2.85. The highest BCUT2D eigenvalue weighted by atomic mass is 16.5. The summed E-state index contributed by atoms with van der Waals surface area (Å²) in [6.45, 7) is 2.21. The maximum absolute atomic E-state index is 12.3. The highest BCUT2D eigenvalue weighted by Gasteiger charge is 2.08. The lowest BCUT2D eigenvalue weighted by Crippen LogP contribution is -2.02. The molecule has 124 valence electrons. The highest BCUT2D eigenvalue weighted by Crippen LogP contribution is 2.24. The van der Waals surface area contributed by atoms with Gasteiger partial charge in [0.05, 0.1) is 12.7 Å². The van der Waals surface area contributed by atoms with E-state index in [2.05, 4.69) is 19.1 Å². The van der Waals surface area contributed by atoms with Gasteiger partial charge in [0, 0.05) is 11.5 Å². The van der Waals surface area contributed by atoms with E-state index >= 15 is 0 Å². The second kappa shape index (κ2) is 7.35. The SMILES string of the molecule is CCCCCc1ccc(-c2cc3ccc(OC)cc3oc2=O)cc1. The second-order valence-electron chi connectivity index (χ2n) is 6.01. The third kappa shape index (κ3) is 3.51. The van der Waals surface area contributed by atoms with Crippen LogP contribution in [0.3, 0.4) is 0 Å². The quantitative estimate of drug-likeness (QED) is 0.462. The number of hydrogen-bond acceptors (Lipinski definition) is 3. The van der Waals surface area contributed by atoms with Crippen molar-refractivity contribution in [2.75, 3.05) is 7.11 Å². The van der Waals surface area contributed by atoms with Gasteiger partial charge < -0.3 is 9.15 Å². The molecule has 0 N–H and O–H groups in total. The van der Waals surface area contributed by atoms with Gasteiger partial charge in [-0.25, -0.2) is 4.79 Å². The van der Waals surface area contributed by atoms with Crippen LogP contribution in [0.4, 0.5) is 0 Å². The van der Waals surface area contributed by atoms with Crippen molar-refractivity contribution in [3.05, 3.63) is 64.5 Å². The Balaban J connectivity index is 1.91. The average Bonchev–Trinajstić information content (AvgIpc) is 2.61. The van der Waals surface area contributed by atoms with Gasteiger partial charge in [-0.1, -0.05) is 44.0 Å². The second-order valence-corrected chi connectivity index (χ2v) is 6.01. The first-order valence-electron chi connectivity index (χ1n) is 8.42. The first-order valence-corrected chi connectivity index (χ1v) is 8.42. The lowest BCUT2D eigenvalue weighted by atomic mass is 10.0. The Hall–Kier alpha value is -2.55. The zero-order valence-corrected chi connectivity index (χ0v) is 14.2. The van der Waals surface area contributed by atoms with Crippen molar-refractivity contribution in [3.8, 4) is 16.9 Å². The summed E-state index contributed by atoms with van der Waals surface area (Å²) >= 11 is 0. The summed E-state index contributed by atoms with van der Waals surface area (Å²) in [7, 11) is 1.59. The molecule has 0 unspecified atom stereocenters. The minimum absolute atomic E-state index is 0.325. The molecular formula is C21H22O3. The van der Waals surface area contributed by atoms with Crippen LogP contribution in [0.15, 0.2) is 57.7 Å². The lowest BCUT2D eigenvalue weighted by Gasteiger charge is -2.06. The van der Waals surface area contributed by atoms with E-state index in [1.165, 1.54) is 24.8 Å². The Morgan fingerprint density at radius 1 is 1.00 bits per heavy atom. The van der Waals surface area contributed by atoms with Gasteiger partial charge in [-0.3, -0.25) is 0 Å². The maximum Gasteiger partial charge on any atom is 0.344 e. The number of ether oxygens (including phenoxy) is 1. The molecule has 0 spiro atoms. The monoisotopic (exact) mass is 322 g/mol. The van der Waals surface area contributed by atoms with E-state index in [9.17, 15) is 4.79 Å². The number of benzene rings is 2. The number of unbranched alkanes of at least 4 members (excludes halogenated alkanes) is 2. The van der Waals surface area contributed by atoms with Crippen LogP contribution in [0.1, 0.15) is 31.7 Å². The largest absolute Gasteiger partial charge is 0.497 e. The van der Waals surface area contributed by atoms with Crippen molar-refractivity contribution >= 4 is 11.0 Å². The van der Waals surface area contributed by atoms with Gasteiger partial charge in [0.2, 0.25) is 0 Å². The predicted octanol–water partition coefficient (Wildman–Crippen LogP) is 5.20. The first-order chi connectivity index (χ1) is 11.7. The number of aryl methyl sites for hydroxylation is 1. The minimum Gasteiger partial charge on any atom is -0.497 e. The fourth-order valence-corrected chi connectivity index (χ4v) is 2.85. The zero-order valence-electron chi connectivity index (χ0n) is 14.2. The first kappa shape index (κ1) is 16.3. The number of methoxy groups -OCH3 is 1. The molecule has 3 heteroatoms. The van der Waals surface area contributed by atoms with Crippen molar-refractivity contribution < 1.29 is 9.15 Å². The van der Waals surface area contributed by atoms with E-state index in [1.54, 1.807) is 13.2 Å². The minimum atomic E-state index is -0.325. The van der Waals surface area contributed by atoms with Crippen LogP contribution in [-0.2, 0) is 6.42 Å². The smallest absolute Gasteiger partial charge is 0.344 e. The Kier molecular flexibility index (Phi) is 4.99. The molecule has 3 nitrogen and oxygen atoms in total. The molecule has 0 aliphatic carbocycles. The standard InChI is InChI=1S/C21H22O3/c1-3-4-5-6-15-7-9-16(10-8-15)19-13-17-11-12-18(23-2)14-20(17)24-21(19)22/h7-14H,3-6H2,1-2H3. The van der Waals surface area contributed by atoms with Crippen molar-refractivity contribution in [1.29, 1.82) is 0 Å². The number of rotatable bonds is 6. The van der Waals surface area contributed by atoms with Crippen molar-refractivity contribution in [2.24, 2.45) is 0 Å². The van der Waals surface area contributed by atoms with E-state index in [-0.39, 0.29) is 5.63 Å². The third-order valence-corrected chi connectivity index (χ3v) is 4.28. The number of hydrogen-bond donors (Lipinski definition) is 0. The van der Waals surface area contributed by atoms with Crippen LogP contribution < -0.4 is 10.4 Å². The van der Waals surface area contributed by atoms with Gasteiger partial charge in [-0.2, -0.15) is 0 Å². The van der Waals surface area contributed by atoms with Gasteiger partial charge >= 0.3 is 5.63 Å². The molecule has 1 heterocycles. The van der Waals surface area contributed by atoms with E-state index in [0.717, 1.165) is 17.4 Å². The summed E-state index contributed by atoms with van der Waals surface area (Å²) < 4.78 is 10.6. The van der Waals surface area contributed by atoms with Crippen LogP contribution in [0.2, 0.25) is 0 Å². The lowest BCUT2D eigenvalue weighted by molar-refractivity contribution is 0.414. The van der Waals surface area contributed by atoms with Gasteiger partial charge in [0.15, 0.2) is 0 Å². The van der Waals surface area contributed by atoms with Crippen LogP contribution in [0, 0.1) is 0 Å². The molecule has 0 atom stereocenters. The molecule has 3 aromatic rings. The van der Waals surface area contributed by atoms with Gasteiger partial charge in [-0.05, 0) is 42.2 Å². The maximum atomic E-state index is 12.3. The highest BCUT2D eigenvalue weighted by molar-refractivity contribution is 5.82. The Bertz CT molecular complexity index is 876. The molecule has 24 heavy (non-hydrogen) atoms. The summed E-state index contributed by atoms with van der Waals surface area (Å²) in [5.74, 6) is 0.676. The van der Waals surface area contributed by atoms with Crippen molar-refractivity contribution in [2.45, 2.75) is 32.6 Å². The fraction of sp³-hybridized carbons (Fsp3) is 0.286. The van der Waals surface area contributed by atoms with Gasteiger partial charge in [0.25, 0.3) is 0 Å². The molecule has 0 fully saturated rings.